The fraction of sp³-hybridized carbons (Fsp3) is 0.400. The van der Waals surface area contributed by atoms with E-state index < -0.39 is 0 Å². The van der Waals surface area contributed by atoms with Crippen LogP contribution in [0, 0.1) is 0 Å². The highest BCUT2D eigenvalue weighted by molar-refractivity contribution is 7.99. The molecule has 0 saturated carbocycles. The molecule has 0 aliphatic rings. The first-order chi connectivity index (χ1) is 11.1. The number of urea groups is 1. The van der Waals surface area contributed by atoms with Crippen LogP contribution in [0.25, 0.3) is 0 Å². The largest absolute Gasteiger partial charge is 0.343 e. The lowest BCUT2D eigenvalue weighted by Crippen LogP contribution is -2.31. The van der Waals surface area contributed by atoms with Gasteiger partial charge in [-0.05, 0) is 36.4 Å². The molecule has 23 heavy (non-hydrogen) atoms. The highest BCUT2D eigenvalue weighted by atomic mass is 32.2. The number of benzene rings is 1. The van der Waals surface area contributed by atoms with Crippen LogP contribution in [0.5, 0.6) is 0 Å². The summed E-state index contributed by atoms with van der Waals surface area (Å²) in [5.41, 5.74) is 0.487. The molecule has 1 heterocycles. The Hall–Kier alpha value is -2.22. The summed E-state index contributed by atoms with van der Waals surface area (Å²) in [6.07, 6.45) is 1.62. The molecule has 0 aliphatic heterocycles. The molecular formula is C15H21N5O2S. The highest BCUT2D eigenvalue weighted by Crippen LogP contribution is 2.20. The quantitative estimate of drug-likeness (QED) is 0.675. The number of hydrogen-bond acceptors (Lipinski definition) is 4. The molecule has 124 valence electrons. The Bertz CT molecular complexity index is 693. The van der Waals surface area contributed by atoms with Crippen molar-refractivity contribution in [3.05, 3.63) is 40.6 Å². The van der Waals surface area contributed by atoms with Crippen molar-refractivity contribution in [2.45, 2.75) is 24.7 Å². The number of carbonyl (C=O) groups is 1. The van der Waals surface area contributed by atoms with Gasteiger partial charge in [0.25, 0.3) is 0 Å². The van der Waals surface area contributed by atoms with Gasteiger partial charge in [0.15, 0.2) is 0 Å². The number of aromatic amines is 1. The fourth-order valence-corrected chi connectivity index (χ4v) is 2.69. The van der Waals surface area contributed by atoms with Crippen LogP contribution in [0.2, 0.25) is 0 Å². The van der Waals surface area contributed by atoms with Crippen LogP contribution in [0.4, 0.5) is 10.5 Å². The van der Waals surface area contributed by atoms with E-state index >= 15 is 0 Å². The summed E-state index contributed by atoms with van der Waals surface area (Å²) in [7, 11) is 1.64. The average molecular weight is 335 g/mol. The second-order valence-electron chi connectivity index (χ2n) is 5.01. The summed E-state index contributed by atoms with van der Waals surface area (Å²) in [6.45, 7) is 2.54. The molecule has 0 atom stereocenters. The van der Waals surface area contributed by atoms with E-state index in [4.69, 9.17) is 0 Å². The van der Waals surface area contributed by atoms with E-state index in [-0.39, 0.29) is 11.7 Å². The number of thioether (sulfide) groups is 1. The second-order valence-corrected chi connectivity index (χ2v) is 6.18. The molecule has 0 spiro atoms. The summed E-state index contributed by atoms with van der Waals surface area (Å²) < 4.78 is 1.42. The third kappa shape index (κ3) is 5.17. The molecule has 1 aromatic carbocycles. The number of nitrogens with zero attached hydrogens (tertiary/aromatic N) is 2. The van der Waals surface area contributed by atoms with Gasteiger partial charge >= 0.3 is 11.7 Å². The highest BCUT2D eigenvalue weighted by Gasteiger charge is 2.05. The van der Waals surface area contributed by atoms with Gasteiger partial charge in [-0.2, -0.15) is 5.10 Å². The van der Waals surface area contributed by atoms with Crippen molar-refractivity contribution < 1.29 is 4.79 Å². The summed E-state index contributed by atoms with van der Waals surface area (Å²) in [6, 6.07) is 7.48. The normalized spacial score (nSPS) is 10.5. The Morgan fingerprint density at radius 3 is 2.70 bits per heavy atom. The van der Waals surface area contributed by atoms with Crippen LogP contribution >= 0.6 is 11.8 Å². The van der Waals surface area contributed by atoms with Crippen LogP contribution in [-0.2, 0) is 13.5 Å². The first kappa shape index (κ1) is 17.1. The third-order valence-corrected chi connectivity index (χ3v) is 4.41. The van der Waals surface area contributed by atoms with Gasteiger partial charge in [0.2, 0.25) is 0 Å². The van der Waals surface area contributed by atoms with E-state index in [2.05, 4.69) is 27.8 Å². The fourth-order valence-electron chi connectivity index (χ4n) is 1.92. The Morgan fingerprint density at radius 1 is 1.35 bits per heavy atom. The monoisotopic (exact) mass is 335 g/mol. The van der Waals surface area contributed by atoms with Crippen molar-refractivity contribution >= 4 is 23.5 Å². The first-order valence-corrected chi connectivity index (χ1v) is 8.46. The van der Waals surface area contributed by atoms with Gasteiger partial charge in [-0.3, -0.25) is 4.57 Å². The minimum atomic E-state index is -0.278. The summed E-state index contributed by atoms with van der Waals surface area (Å²) >= 11 is 1.80. The van der Waals surface area contributed by atoms with E-state index in [9.17, 15) is 9.59 Å². The molecule has 3 N–H and O–H groups in total. The minimum Gasteiger partial charge on any atom is -0.337 e. The molecule has 2 amide bonds. The Morgan fingerprint density at radius 2 is 2.09 bits per heavy atom. The predicted octanol–water partition coefficient (Wildman–Crippen LogP) is 1.97. The lowest BCUT2D eigenvalue weighted by atomic mass is 10.3. The maximum absolute atomic E-state index is 11.8. The number of aromatic nitrogens is 3. The van der Waals surface area contributed by atoms with Crippen molar-refractivity contribution in [1.29, 1.82) is 0 Å². The third-order valence-electron chi connectivity index (χ3n) is 3.19. The summed E-state index contributed by atoms with van der Waals surface area (Å²) in [5, 5.41) is 11.8. The van der Waals surface area contributed by atoms with Crippen molar-refractivity contribution in [3.8, 4) is 0 Å². The molecule has 2 rings (SSSR count). The summed E-state index contributed by atoms with van der Waals surface area (Å²) in [4.78, 5) is 24.2. The molecule has 0 saturated heterocycles. The molecule has 0 unspecified atom stereocenters. The Labute approximate surface area is 138 Å². The molecule has 8 heteroatoms. The molecule has 7 nitrogen and oxygen atoms in total. The molecule has 0 bridgehead atoms. The molecule has 0 fully saturated rings. The van der Waals surface area contributed by atoms with Gasteiger partial charge in [0.1, 0.15) is 5.82 Å². The number of rotatable bonds is 7. The van der Waals surface area contributed by atoms with Crippen LogP contribution in [0.3, 0.4) is 0 Å². The molecule has 2 aromatic rings. The lowest BCUT2D eigenvalue weighted by molar-refractivity contribution is 0.252. The molecule has 0 radical (unpaired) electrons. The number of carbonyl (C=O) groups excluding carboxylic acids is 1. The van der Waals surface area contributed by atoms with Crippen LogP contribution in [0.1, 0.15) is 19.2 Å². The maximum atomic E-state index is 11.8. The van der Waals surface area contributed by atoms with Crippen molar-refractivity contribution in [2.75, 3.05) is 17.6 Å². The molecule has 0 aliphatic carbocycles. The van der Waals surface area contributed by atoms with Crippen molar-refractivity contribution in [2.24, 2.45) is 7.05 Å². The van der Waals surface area contributed by atoms with Crippen LogP contribution in [0.15, 0.2) is 34.0 Å². The minimum absolute atomic E-state index is 0.259. The van der Waals surface area contributed by atoms with Gasteiger partial charge < -0.3 is 10.6 Å². The summed E-state index contributed by atoms with van der Waals surface area (Å²) in [5.74, 6) is 1.69. The zero-order valence-corrected chi connectivity index (χ0v) is 14.1. The van der Waals surface area contributed by atoms with Crippen molar-refractivity contribution in [3.63, 3.8) is 0 Å². The molecular weight excluding hydrogens is 314 g/mol. The van der Waals surface area contributed by atoms with E-state index in [0.29, 0.717) is 18.8 Å². The molecule has 1 aromatic heterocycles. The van der Waals surface area contributed by atoms with E-state index in [0.717, 1.165) is 17.9 Å². The smallest absolute Gasteiger partial charge is 0.337 e. The zero-order chi connectivity index (χ0) is 16.7. The standard InChI is InChI=1S/C15H21N5O2S/c1-3-10-23-12-6-4-11(5-7-12)17-14(21)16-9-8-13-18-19-15(22)20(13)2/h4-7H,3,8-10H2,1-2H3,(H,19,22)(H2,16,17,21). The van der Waals surface area contributed by atoms with Crippen LogP contribution in [-0.4, -0.2) is 33.1 Å². The second kappa shape index (κ2) is 8.42. The number of amides is 2. The Kier molecular flexibility index (Phi) is 6.28. The number of nitrogens with one attached hydrogen (secondary N) is 3. The van der Waals surface area contributed by atoms with Crippen LogP contribution < -0.4 is 16.3 Å². The van der Waals surface area contributed by atoms with Gasteiger partial charge in [-0.15, -0.1) is 11.8 Å². The van der Waals surface area contributed by atoms with Gasteiger partial charge in [-0.25, -0.2) is 14.7 Å². The van der Waals surface area contributed by atoms with Crippen molar-refractivity contribution in [1.82, 2.24) is 20.1 Å². The van der Waals surface area contributed by atoms with E-state index in [1.54, 1.807) is 18.8 Å². The number of anilines is 1. The van der Waals surface area contributed by atoms with Gasteiger partial charge in [0, 0.05) is 30.6 Å². The average Bonchev–Trinajstić information content (AvgIpc) is 2.86. The number of H-pyrrole nitrogens is 1. The Balaban J connectivity index is 1.76. The maximum Gasteiger partial charge on any atom is 0.343 e. The first-order valence-electron chi connectivity index (χ1n) is 7.48. The predicted molar refractivity (Wildman–Crippen MR) is 92.0 cm³/mol. The topological polar surface area (TPSA) is 91.8 Å². The van der Waals surface area contributed by atoms with Gasteiger partial charge in [0.05, 0.1) is 0 Å². The van der Waals surface area contributed by atoms with E-state index in [1.165, 1.54) is 9.46 Å². The lowest BCUT2D eigenvalue weighted by Gasteiger charge is -2.08. The number of hydrogen-bond donors (Lipinski definition) is 3. The van der Waals surface area contributed by atoms with E-state index in [1.807, 2.05) is 24.3 Å². The zero-order valence-electron chi connectivity index (χ0n) is 13.3. The SMILES string of the molecule is CCCSc1ccc(NC(=O)NCCc2n[nH]c(=O)n2C)cc1. The van der Waals surface area contributed by atoms with Gasteiger partial charge in [-0.1, -0.05) is 6.92 Å².